The molecule has 0 spiro atoms. The van der Waals surface area contributed by atoms with Gasteiger partial charge in [-0.25, -0.2) is 4.98 Å². The molecule has 1 unspecified atom stereocenters. The van der Waals surface area contributed by atoms with Gasteiger partial charge in [0.1, 0.15) is 11.3 Å². The van der Waals surface area contributed by atoms with Crippen LogP contribution in [-0.2, 0) is 4.74 Å². The smallest absolute Gasteiger partial charge is 0.201 e. The highest BCUT2D eigenvalue weighted by Crippen LogP contribution is 2.30. The molecule has 0 bridgehead atoms. The number of benzene rings is 1. The third-order valence-corrected chi connectivity index (χ3v) is 3.19. The molecule has 0 fully saturated rings. The Hall–Kier alpha value is -1.75. The van der Waals surface area contributed by atoms with Crippen molar-refractivity contribution in [3.63, 3.8) is 0 Å². The summed E-state index contributed by atoms with van der Waals surface area (Å²) < 4.78 is 12.8. The van der Waals surface area contributed by atoms with E-state index in [4.69, 9.17) is 15.2 Å². The van der Waals surface area contributed by atoms with Gasteiger partial charge in [0.2, 0.25) is 5.95 Å². The minimum atomic E-state index is 0.238. The first-order valence-corrected chi connectivity index (χ1v) is 6.57. The van der Waals surface area contributed by atoms with Crippen molar-refractivity contribution in [1.82, 2.24) is 9.55 Å². The Balaban J connectivity index is 2.44. The Morgan fingerprint density at radius 3 is 2.89 bits per heavy atom. The average Bonchev–Trinajstić information content (AvgIpc) is 2.73. The van der Waals surface area contributed by atoms with Crippen molar-refractivity contribution in [3.8, 4) is 5.75 Å². The van der Waals surface area contributed by atoms with Crippen LogP contribution in [-0.4, -0.2) is 29.9 Å². The number of hydrogen-bond acceptors (Lipinski definition) is 4. The molecule has 1 aromatic carbocycles. The number of nitrogens with two attached hydrogens (primary N) is 1. The highest BCUT2D eigenvalue weighted by Gasteiger charge is 2.16. The van der Waals surface area contributed by atoms with Crippen LogP contribution in [0.3, 0.4) is 0 Å². The first kappa shape index (κ1) is 13.7. The van der Waals surface area contributed by atoms with Gasteiger partial charge in [0.25, 0.3) is 0 Å². The number of ether oxygens (including phenoxy) is 2. The summed E-state index contributed by atoms with van der Waals surface area (Å²) in [5, 5.41) is 0. The Morgan fingerprint density at radius 2 is 2.21 bits per heavy atom. The maximum absolute atomic E-state index is 6.05. The number of imidazole rings is 1. The van der Waals surface area contributed by atoms with Crippen LogP contribution in [0.5, 0.6) is 5.75 Å². The molecule has 2 aromatic rings. The van der Waals surface area contributed by atoms with Crippen molar-refractivity contribution < 1.29 is 9.47 Å². The molecule has 1 heterocycles. The molecule has 1 aromatic heterocycles. The van der Waals surface area contributed by atoms with Crippen molar-refractivity contribution in [2.24, 2.45) is 0 Å². The number of nitrogen functional groups attached to an aromatic ring is 1. The highest BCUT2D eigenvalue weighted by atomic mass is 16.5. The zero-order valence-corrected chi connectivity index (χ0v) is 11.7. The summed E-state index contributed by atoms with van der Waals surface area (Å²) in [7, 11) is 1.70. The van der Waals surface area contributed by atoms with E-state index in [1.54, 1.807) is 7.11 Å². The second-order valence-electron chi connectivity index (χ2n) is 4.53. The number of fused-ring (bicyclic) bond motifs is 1. The van der Waals surface area contributed by atoms with E-state index in [0.717, 1.165) is 23.2 Å². The molecule has 0 amide bonds. The van der Waals surface area contributed by atoms with Crippen molar-refractivity contribution in [2.45, 2.75) is 26.3 Å². The monoisotopic (exact) mass is 263 g/mol. The van der Waals surface area contributed by atoms with Crippen LogP contribution < -0.4 is 10.5 Å². The van der Waals surface area contributed by atoms with E-state index in [0.29, 0.717) is 19.2 Å². The van der Waals surface area contributed by atoms with Crippen LogP contribution in [0.15, 0.2) is 18.2 Å². The van der Waals surface area contributed by atoms with Gasteiger partial charge < -0.3 is 19.8 Å². The van der Waals surface area contributed by atoms with Gasteiger partial charge in [-0.2, -0.15) is 0 Å². The second kappa shape index (κ2) is 5.93. The maximum Gasteiger partial charge on any atom is 0.201 e. The molecule has 0 aliphatic rings. The normalized spacial score (nSPS) is 12.8. The molecule has 0 aliphatic heterocycles. The van der Waals surface area contributed by atoms with Gasteiger partial charge in [-0.15, -0.1) is 0 Å². The first-order valence-electron chi connectivity index (χ1n) is 6.57. The number of rotatable bonds is 6. The lowest BCUT2D eigenvalue weighted by molar-refractivity contribution is 0.182. The quantitative estimate of drug-likeness (QED) is 0.870. The lowest BCUT2D eigenvalue weighted by atomic mass is 10.2. The van der Waals surface area contributed by atoms with Crippen LogP contribution in [0.2, 0.25) is 0 Å². The van der Waals surface area contributed by atoms with Crippen LogP contribution >= 0.6 is 0 Å². The molecule has 2 rings (SSSR count). The third-order valence-electron chi connectivity index (χ3n) is 3.19. The van der Waals surface area contributed by atoms with Crippen LogP contribution in [0.1, 0.15) is 26.3 Å². The van der Waals surface area contributed by atoms with E-state index in [-0.39, 0.29) is 6.04 Å². The summed E-state index contributed by atoms with van der Waals surface area (Å²) in [6, 6.07) is 6.14. The number of methoxy groups -OCH3 is 1. The van der Waals surface area contributed by atoms with E-state index < -0.39 is 0 Å². The van der Waals surface area contributed by atoms with Crippen LogP contribution in [0.25, 0.3) is 11.0 Å². The molecule has 0 aliphatic carbocycles. The SMILES string of the molecule is CCOc1cccc2c1nc(N)n2C(C)CCOC. The van der Waals surface area contributed by atoms with E-state index >= 15 is 0 Å². The van der Waals surface area contributed by atoms with Gasteiger partial charge in [-0.05, 0) is 32.4 Å². The zero-order valence-electron chi connectivity index (χ0n) is 11.7. The molecule has 5 heteroatoms. The lowest BCUT2D eigenvalue weighted by Gasteiger charge is -2.15. The summed E-state index contributed by atoms with van der Waals surface area (Å²) in [6.07, 6.45) is 0.894. The van der Waals surface area contributed by atoms with Crippen molar-refractivity contribution in [3.05, 3.63) is 18.2 Å². The van der Waals surface area contributed by atoms with Gasteiger partial charge in [0.05, 0.1) is 12.1 Å². The maximum atomic E-state index is 6.05. The van der Waals surface area contributed by atoms with Gasteiger partial charge in [-0.3, -0.25) is 0 Å². The number of anilines is 1. The molecule has 0 saturated carbocycles. The molecule has 19 heavy (non-hydrogen) atoms. The minimum Gasteiger partial charge on any atom is -0.492 e. The number of hydrogen-bond donors (Lipinski definition) is 1. The molecule has 5 nitrogen and oxygen atoms in total. The van der Waals surface area contributed by atoms with E-state index in [2.05, 4.69) is 11.9 Å². The topological polar surface area (TPSA) is 62.3 Å². The average molecular weight is 263 g/mol. The summed E-state index contributed by atoms with van der Waals surface area (Å²) >= 11 is 0. The predicted octanol–water partition coefficient (Wildman–Crippen LogP) is 2.61. The molecular formula is C14H21N3O2. The molecule has 2 N–H and O–H groups in total. The van der Waals surface area contributed by atoms with Crippen molar-refractivity contribution in [1.29, 1.82) is 0 Å². The fraction of sp³-hybridized carbons (Fsp3) is 0.500. The molecule has 1 atom stereocenters. The number of para-hydroxylation sites is 1. The van der Waals surface area contributed by atoms with Crippen molar-refractivity contribution >= 4 is 17.0 Å². The Kier molecular flexibility index (Phi) is 4.27. The Morgan fingerprint density at radius 1 is 1.42 bits per heavy atom. The standard InChI is InChI=1S/C14H21N3O2/c1-4-19-12-7-5-6-11-13(12)16-14(15)17(11)10(2)8-9-18-3/h5-7,10H,4,8-9H2,1-3H3,(H2,15,16). The van der Waals surface area contributed by atoms with Crippen molar-refractivity contribution in [2.75, 3.05) is 26.1 Å². The Bertz CT molecular complexity index is 551. The minimum absolute atomic E-state index is 0.238. The summed E-state index contributed by atoms with van der Waals surface area (Å²) in [6.45, 7) is 5.39. The fourth-order valence-electron chi connectivity index (χ4n) is 2.26. The number of aromatic nitrogens is 2. The summed E-state index contributed by atoms with van der Waals surface area (Å²) in [5.41, 5.74) is 7.88. The second-order valence-corrected chi connectivity index (χ2v) is 4.53. The van der Waals surface area contributed by atoms with E-state index in [9.17, 15) is 0 Å². The van der Waals surface area contributed by atoms with E-state index in [1.165, 1.54) is 0 Å². The van der Waals surface area contributed by atoms with Crippen LogP contribution in [0, 0.1) is 0 Å². The molecule has 104 valence electrons. The van der Waals surface area contributed by atoms with Gasteiger partial charge in [0, 0.05) is 19.8 Å². The van der Waals surface area contributed by atoms with Gasteiger partial charge >= 0.3 is 0 Å². The van der Waals surface area contributed by atoms with E-state index in [1.807, 2.05) is 29.7 Å². The van der Waals surface area contributed by atoms with Gasteiger partial charge in [0.15, 0.2) is 0 Å². The largest absolute Gasteiger partial charge is 0.492 e. The summed E-state index contributed by atoms with van der Waals surface area (Å²) in [4.78, 5) is 4.44. The molecular weight excluding hydrogens is 242 g/mol. The first-order chi connectivity index (χ1) is 9.19. The van der Waals surface area contributed by atoms with Crippen LogP contribution in [0.4, 0.5) is 5.95 Å². The predicted molar refractivity (Wildman–Crippen MR) is 76.5 cm³/mol. The molecule has 0 saturated heterocycles. The highest BCUT2D eigenvalue weighted by molar-refractivity contribution is 5.84. The zero-order chi connectivity index (χ0) is 13.8. The molecule has 0 radical (unpaired) electrons. The number of nitrogens with zero attached hydrogens (tertiary/aromatic N) is 2. The Labute approximate surface area is 113 Å². The summed E-state index contributed by atoms with van der Waals surface area (Å²) in [5.74, 6) is 1.30. The lowest BCUT2D eigenvalue weighted by Crippen LogP contribution is -2.10. The third kappa shape index (κ3) is 2.66. The fourth-order valence-corrected chi connectivity index (χ4v) is 2.26. The van der Waals surface area contributed by atoms with Gasteiger partial charge in [-0.1, -0.05) is 6.07 Å².